The standard InChI is InChI=1S/C26H23ClN2O2S/c1-17(2)28-25(30)20-12-10-18(11-13-20)15-24-26(31)29(16-19-6-5-7-21(27)14-19)22-8-3-4-9-23(22)32-24/h3-15,17H,16H2,1-2H3,(H,28,30)/b24-15+. The number of thioether (sulfide) groups is 1. The highest BCUT2D eigenvalue weighted by molar-refractivity contribution is 8.04. The number of rotatable bonds is 5. The van der Waals surface area contributed by atoms with E-state index in [1.807, 2.05) is 80.6 Å². The highest BCUT2D eigenvalue weighted by Gasteiger charge is 2.29. The third-order valence-electron chi connectivity index (χ3n) is 4.95. The lowest BCUT2D eigenvalue weighted by molar-refractivity contribution is -0.114. The molecule has 4 rings (SSSR count). The second-order valence-corrected chi connectivity index (χ2v) is 9.37. The van der Waals surface area contributed by atoms with Crippen LogP contribution in [0.2, 0.25) is 5.02 Å². The van der Waals surface area contributed by atoms with Crippen LogP contribution in [0.4, 0.5) is 5.69 Å². The zero-order valence-electron chi connectivity index (χ0n) is 17.8. The van der Waals surface area contributed by atoms with E-state index in [9.17, 15) is 9.59 Å². The molecule has 162 valence electrons. The van der Waals surface area contributed by atoms with Gasteiger partial charge >= 0.3 is 0 Å². The van der Waals surface area contributed by atoms with Crippen molar-refractivity contribution in [2.45, 2.75) is 31.3 Å². The van der Waals surface area contributed by atoms with Crippen LogP contribution in [-0.4, -0.2) is 17.9 Å². The number of fused-ring (bicyclic) bond motifs is 1. The SMILES string of the molecule is CC(C)NC(=O)c1ccc(/C=C2/Sc3ccccc3N(Cc3cccc(Cl)c3)C2=O)cc1. The van der Waals surface area contributed by atoms with Crippen LogP contribution in [0.25, 0.3) is 6.08 Å². The normalized spacial score (nSPS) is 14.6. The summed E-state index contributed by atoms with van der Waals surface area (Å²) >= 11 is 7.61. The molecule has 0 bridgehead atoms. The number of nitrogens with zero attached hydrogens (tertiary/aromatic N) is 1. The molecule has 0 aromatic heterocycles. The van der Waals surface area contributed by atoms with Gasteiger partial charge in [-0.15, -0.1) is 0 Å². The van der Waals surface area contributed by atoms with Crippen LogP contribution in [-0.2, 0) is 11.3 Å². The summed E-state index contributed by atoms with van der Waals surface area (Å²) in [7, 11) is 0. The number of hydrogen-bond acceptors (Lipinski definition) is 3. The molecule has 3 aromatic rings. The zero-order valence-corrected chi connectivity index (χ0v) is 19.4. The minimum atomic E-state index is -0.107. The van der Waals surface area contributed by atoms with E-state index in [1.54, 1.807) is 17.0 Å². The van der Waals surface area contributed by atoms with Gasteiger partial charge in [0.25, 0.3) is 11.8 Å². The van der Waals surface area contributed by atoms with Crippen LogP contribution in [0.3, 0.4) is 0 Å². The molecule has 0 fully saturated rings. The van der Waals surface area contributed by atoms with Gasteiger partial charge < -0.3 is 10.2 Å². The summed E-state index contributed by atoms with van der Waals surface area (Å²) in [5.74, 6) is -0.167. The maximum Gasteiger partial charge on any atom is 0.265 e. The van der Waals surface area contributed by atoms with E-state index in [4.69, 9.17) is 11.6 Å². The number of amides is 2. The lowest BCUT2D eigenvalue weighted by atomic mass is 10.1. The van der Waals surface area contributed by atoms with Gasteiger partial charge in [0, 0.05) is 21.5 Å². The third-order valence-corrected chi connectivity index (χ3v) is 6.26. The van der Waals surface area contributed by atoms with E-state index in [-0.39, 0.29) is 17.9 Å². The molecule has 6 heteroatoms. The van der Waals surface area contributed by atoms with Gasteiger partial charge in [-0.25, -0.2) is 0 Å². The van der Waals surface area contributed by atoms with Gasteiger partial charge in [-0.1, -0.05) is 59.8 Å². The molecule has 0 radical (unpaired) electrons. The van der Waals surface area contributed by atoms with Crippen molar-refractivity contribution in [1.29, 1.82) is 0 Å². The Morgan fingerprint density at radius 3 is 2.53 bits per heavy atom. The average Bonchev–Trinajstić information content (AvgIpc) is 2.76. The molecule has 4 nitrogen and oxygen atoms in total. The maximum absolute atomic E-state index is 13.4. The summed E-state index contributed by atoms with van der Waals surface area (Å²) in [5, 5.41) is 3.53. The minimum absolute atomic E-state index is 0.0599. The molecule has 2 amide bonds. The summed E-state index contributed by atoms with van der Waals surface area (Å²) in [4.78, 5) is 29.0. The first kappa shape index (κ1) is 22.2. The molecule has 3 aromatic carbocycles. The van der Waals surface area contributed by atoms with Crippen LogP contribution >= 0.6 is 23.4 Å². The number of carbonyl (C=O) groups is 2. The molecular weight excluding hydrogens is 440 g/mol. The molecular formula is C26H23ClN2O2S. The number of nitrogens with one attached hydrogen (secondary N) is 1. The van der Waals surface area contributed by atoms with E-state index in [1.165, 1.54) is 11.8 Å². The van der Waals surface area contributed by atoms with Crippen molar-refractivity contribution in [3.05, 3.63) is 99.4 Å². The Morgan fingerprint density at radius 1 is 1.06 bits per heavy atom. The number of para-hydroxylation sites is 1. The smallest absolute Gasteiger partial charge is 0.265 e. The Balaban J connectivity index is 1.63. The summed E-state index contributed by atoms with van der Waals surface area (Å²) < 4.78 is 0. The number of halogens is 1. The number of hydrogen-bond donors (Lipinski definition) is 1. The van der Waals surface area contributed by atoms with Crippen molar-refractivity contribution in [3.8, 4) is 0 Å². The average molecular weight is 463 g/mol. The highest BCUT2D eigenvalue weighted by Crippen LogP contribution is 2.42. The van der Waals surface area contributed by atoms with Crippen LogP contribution in [0, 0.1) is 0 Å². The Morgan fingerprint density at radius 2 is 1.81 bits per heavy atom. The van der Waals surface area contributed by atoms with E-state index in [2.05, 4.69) is 5.32 Å². The predicted molar refractivity (Wildman–Crippen MR) is 132 cm³/mol. The molecule has 0 saturated carbocycles. The minimum Gasteiger partial charge on any atom is -0.350 e. The zero-order chi connectivity index (χ0) is 22.7. The first-order chi connectivity index (χ1) is 15.4. The largest absolute Gasteiger partial charge is 0.350 e. The summed E-state index contributed by atoms with van der Waals surface area (Å²) in [6.45, 7) is 4.29. The molecule has 1 heterocycles. The van der Waals surface area contributed by atoms with Crippen molar-refractivity contribution in [2.75, 3.05) is 4.90 Å². The quantitative estimate of drug-likeness (QED) is 0.462. The lowest BCUT2D eigenvalue weighted by Crippen LogP contribution is -2.33. The van der Waals surface area contributed by atoms with Crippen molar-refractivity contribution >= 4 is 46.9 Å². The molecule has 1 N–H and O–H groups in total. The van der Waals surface area contributed by atoms with Gasteiger partial charge in [-0.3, -0.25) is 9.59 Å². The fourth-order valence-corrected chi connectivity index (χ4v) is 4.74. The van der Waals surface area contributed by atoms with Crippen LogP contribution < -0.4 is 10.2 Å². The Hall–Kier alpha value is -3.02. The summed E-state index contributed by atoms with van der Waals surface area (Å²) in [6, 6.07) is 22.8. The first-order valence-corrected chi connectivity index (χ1v) is 11.6. The second-order valence-electron chi connectivity index (χ2n) is 7.85. The van der Waals surface area contributed by atoms with E-state index >= 15 is 0 Å². The summed E-state index contributed by atoms with van der Waals surface area (Å²) in [5.41, 5.74) is 3.31. The molecule has 1 aliphatic heterocycles. The van der Waals surface area contributed by atoms with Crippen LogP contribution in [0.1, 0.15) is 35.3 Å². The van der Waals surface area contributed by atoms with Crippen molar-refractivity contribution in [1.82, 2.24) is 5.32 Å². The fraction of sp³-hybridized carbons (Fsp3) is 0.154. The third kappa shape index (κ3) is 5.06. The van der Waals surface area contributed by atoms with Gasteiger partial charge in [-0.2, -0.15) is 0 Å². The van der Waals surface area contributed by atoms with Crippen molar-refractivity contribution in [2.24, 2.45) is 0 Å². The Labute approximate surface area is 197 Å². The van der Waals surface area contributed by atoms with Gasteiger partial charge in [0.05, 0.1) is 17.1 Å². The maximum atomic E-state index is 13.4. The number of anilines is 1. The molecule has 0 spiro atoms. The highest BCUT2D eigenvalue weighted by atomic mass is 35.5. The lowest BCUT2D eigenvalue weighted by Gasteiger charge is -2.30. The Bertz CT molecular complexity index is 1190. The van der Waals surface area contributed by atoms with Gasteiger partial charge in [0.15, 0.2) is 0 Å². The Kier molecular flexibility index (Phi) is 6.68. The van der Waals surface area contributed by atoms with Crippen molar-refractivity contribution < 1.29 is 9.59 Å². The predicted octanol–water partition coefficient (Wildman–Crippen LogP) is 6.16. The molecule has 0 atom stereocenters. The van der Waals surface area contributed by atoms with E-state index < -0.39 is 0 Å². The van der Waals surface area contributed by atoms with E-state index in [0.29, 0.717) is 22.0 Å². The first-order valence-electron chi connectivity index (χ1n) is 10.4. The monoisotopic (exact) mass is 462 g/mol. The van der Waals surface area contributed by atoms with Crippen molar-refractivity contribution in [3.63, 3.8) is 0 Å². The van der Waals surface area contributed by atoms with Crippen LogP contribution in [0.5, 0.6) is 0 Å². The van der Waals surface area contributed by atoms with Crippen LogP contribution in [0.15, 0.2) is 82.6 Å². The van der Waals surface area contributed by atoms with Gasteiger partial charge in [0.1, 0.15) is 0 Å². The number of benzene rings is 3. The molecule has 0 aliphatic carbocycles. The van der Waals surface area contributed by atoms with Gasteiger partial charge in [0.2, 0.25) is 0 Å². The molecule has 0 saturated heterocycles. The molecule has 32 heavy (non-hydrogen) atoms. The van der Waals surface area contributed by atoms with Gasteiger partial charge in [-0.05, 0) is 67.4 Å². The molecule has 0 unspecified atom stereocenters. The second kappa shape index (κ2) is 9.63. The number of carbonyl (C=O) groups excluding carboxylic acids is 2. The summed E-state index contributed by atoms with van der Waals surface area (Å²) in [6.07, 6.45) is 1.87. The molecule has 1 aliphatic rings. The topological polar surface area (TPSA) is 49.4 Å². The van der Waals surface area contributed by atoms with E-state index in [0.717, 1.165) is 21.7 Å². The fourth-order valence-electron chi connectivity index (χ4n) is 3.46.